The molecule has 106 valence electrons. The van der Waals surface area contributed by atoms with Crippen molar-refractivity contribution in [3.05, 3.63) is 69.7 Å². The highest BCUT2D eigenvalue weighted by molar-refractivity contribution is 6.31. The summed E-state index contributed by atoms with van der Waals surface area (Å²) in [6, 6.07) is 9.23. The third-order valence-corrected chi connectivity index (χ3v) is 3.63. The minimum Gasteiger partial charge on any atom is -0.271 e. The summed E-state index contributed by atoms with van der Waals surface area (Å²) in [4.78, 5) is 0. The molecule has 0 radical (unpaired) electrons. The number of nitrogens with two attached hydrogens (primary N) is 1. The molecule has 20 heavy (non-hydrogen) atoms. The normalized spacial score (nSPS) is 12.4. The lowest BCUT2D eigenvalue weighted by atomic mass is 9.98. The molecule has 2 aromatic rings. The predicted molar refractivity (Wildman–Crippen MR) is 76.3 cm³/mol. The Morgan fingerprint density at radius 3 is 2.50 bits per heavy atom. The lowest BCUT2D eigenvalue weighted by Crippen LogP contribution is -2.29. The fourth-order valence-corrected chi connectivity index (χ4v) is 2.19. The molecule has 0 saturated heterocycles. The summed E-state index contributed by atoms with van der Waals surface area (Å²) in [5.41, 5.74) is 5.20. The van der Waals surface area contributed by atoms with Crippen LogP contribution in [-0.4, -0.2) is 0 Å². The molecule has 0 saturated carbocycles. The number of hydrogen-bond acceptors (Lipinski definition) is 2. The molecule has 1 atom stereocenters. The SMILES string of the molecule is Cc1ccc(C(Cc2ccc(F)c(F)c2)NN)cc1Cl. The molecule has 0 heterocycles. The number of aryl methyl sites for hydroxylation is 1. The topological polar surface area (TPSA) is 38.0 Å². The van der Waals surface area contributed by atoms with Crippen molar-refractivity contribution < 1.29 is 8.78 Å². The van der Waals surface area contributed by atoms with Crippen LogP contribution >= 0.6 is 11.6 Å². The van der Waals surface area contributed by atoms with Crippen molar-refractivity contribution in [3.63, 3.8) is 0 Å². The smallest absolute Gasteiger partial charge is 0.159 e. The molecule has 3 N–H and O–H groups in total. The maximum atomic E-state index is 13.2. The van der Waals surface area contributed by atoms with Gasteiger partial charge >= 0.3 is 0 Å². The van der Waals surface area contributed by atoms with Gasteiger partial charge in [-0.15, -0.1) is 0 Å². The molecule has 0 aliphatic heterocycles. The second-order valence-electron chi connectivity index (χ2n) is 4.68. The van der Waals surface area contributed by atoms with E-state index < -0.39 is 11.6 Å². The van der Waals surface area contributed by atoms with Crippen LogP contribution in [0, 0.1) is 18.6 Å². The fourth-order valence-electron chi connectivity index (χ4n) is 2.00. The highest BCUT2D eigenvalue weighted by Gasteiger charge is 2.13. The summed E-state index contributed by atoms with van der Waals surface area (Å²) >= 11 is 6.09. The molecule has 0 aliphatic carbocycles. The van der Waals surface area contributed by atoms with Crippen LogP contribution in [-0.2, 0) is 6.42 Å². The van der Waals surface area contributed by atoms with Crippen molar-refractivity contribution in [1.29, 1.82) is 0 Å². The maximum absolute atomic E-state index is 13.2. The van der Waals surface area contributed by atoms with E-state index in [-0.39, 0.29) is 6.04 Å². The largest absolute Gasteiger partial charge is 0.271 e. The quantitative estimate of drug-likeness (QED) is 0.667. The Kier molecular flexibility index (Phi) is 4.70. The van der Waals surface area contributed by atoms with Gasteiger partial charge < -0.3 is 0 Å². The fraction of sp³-hybridized carbons (Fsp3) is 0.200. The Morgan fingerprint density at radius 2 is 1.90 bits per heavy atom. The van der Waals surface area contributed by atoms with Gasteiger partial charge in [0.05, 0.1) is 6.04 Å². The van der Waals surface area contributed by atoms with Crippen LogP contribution in [0.4, 0.5) is 8.78 Å². The Hall–Kier alpha value is -1.49. The Morgan fingerprint density at radius 1 is 1.15 bits per heavy atom. The average molecular weight is 297 g/mol. The van der Waals surface area contributed by atoms with Gasteiger partial charge in [-0.1, -0.05) is 29.8 Å². The Bertz CT molecular complexity index is 617. The predicted octanol–water partition coefficient (Wildman–Crippen LogP) is 3.67. The van der Waals surface area contributed by atoms with Gasteiger partial charge in [-0.25, -0.2) is 8.78 Å². The summed E-state index contributed by atoms with van der Waals surface area (Å²) in [6.07, 6.45) is 0.438. The van der Waals surface area contributed by atoms with Crippen molar-refractivity contribution in [2.24, 2.45) is 5.84 Å². The molecule has 2 nitrogen and oxygen atoms in total. The summed E-state index contributed by atoms with van der Waals surface area (Å²) in [7, 11) is 0. The van der Waals surface area contributed by atoms with E-state index in [0.29, 0.717) is 17.0 Å². The molecular weight excluding hydrogens is 282 g/mol. The van der Waals surface area contributed by atoms with Gasteiger partial charge in [0.15, 0.2) is 11.6 Å². The zero-order valence-electron chi connectivity index (χ0n) is 11.0. The number of rotatable bonds is 4. The maximum Gasteiger partial charge on any atom is 0.159 e. The van der Waals surface area contributed by atoms with E-state index >= 15 is 0 Å². The molecule has 0 spiro atoms. The lowest BCUT2D eigenvalue weighted by molar-refractivity contribution is 0.502. The molecule has 2 rings (SSSR count). The van der Waals surface area contributed by atoms with Gasteiger partial charge in [-0.05, 0) is 48.2 Å². The second kappa shape index (κ2) is 6.31. The van der Waals surface area contributed by atoms with E-state index in [1.54, 1.807) is 6.07 Å². The van der Waals surface area contributed by atoms with Crippen molar-refractivity contribution in [3.8, 4) is 0 Å². The first-order chi connectivity index (χ1) is 9.51. The van der Waals surface area contributed by atoms with E-state index in [2.05, 4.69) is 5.43 Å². The molecule has 2 aromatic carbocycles. The Labute approximate surface area is 121 Å². The lowest BCUT2D eigenvalue weighted by Gasteiger charge is -2.17. The van der Waals surface area contributed by atoms with E-state index in [9.17, 15) is 8.78 Å². The Balaban J connectivity index is 2.23. The van der Waals surface area contributed by atoms with E-state index in [4.69, 9.17) is 17.4 Å². The number of nitrogens with one attached hydrogen (secondary N) is 1. The molecule has 5 heteroatoms. The van der Waals surface area contributed by atoms with Crippen LogP contribution in [0.3, 0.4) is 0 Å². The highest BCUT2D eigenvalue weighted by Crippen LogP contribution is 2.24. The zero-order chi connectivity index (χ0) is 14.7. The van der Waals surface area contributed by atoms with E-state index in [0.717, 1.165) is 17.2 Å². The summed E-state index contributed by atoms with van der Waals surface area (Å²) in [5.74, 6) is 3.83. The minimum absolute atomic E-state index is 0.224. The van der Waals surface area contributed by atoms with Gasteiger partial charge in [0.25, 0.3) is 0 Å². The third kappa shape index (κ3) is 3.33. The molecular formula is C15H15ClF2N2. The summed E-state index contributed by atoms with van der Waals surface area (Å²) < 4.78 is 26.1. The van der Waals surface area contributed by atoms with Crippen molar-refractivity contribution >= 4 is 11.6 Å². The van der Waals surface area contributed by atoms with Crippen LogP contribution in [0.15, 0.2) is 36.4 Å². The molecule has 0 fully saturated rings. The van der Waals surface area contributed by atoms with E-state index in [1.165, 1.54) is 6.07 Å². The third-order valence-electron chi connectivity index (χ3n) is 3.22. The molecule has 0 aliphatic rings. The number of halogens is 3. The standard InChI is InChI=1S/C15H15ClF2N2/c1-9-2-4-11(8-12(9)16)15(20-19)7-10-3-5-13(17)14(18)6-10/h2-6,8,15,20H,7,19H2,1H3. The molecule has 0 amide bonds. The van der Waals surface area contributed by atoms with Crippen LogP contribution in [0.5, 0.6) is 0 Å². The first-order valence-corrected chi connectivity index (χ1v) is 6.55. The van der Waals surface area contributed by atoms with Gasteiger partial charge in [0.1, 0.15) is 0 Å². The van der Waals surface area contributed by atoms with Crippen molar-refractivity contribution in [2.75, 3.05) is 0 Å². The van der Waals surface area contributed by atoms with Crippen LogP contribution in [0.25, 0.3) is 0 Å². The number of hydrogen-bond donors (Lipinski definition) is 2. The van der Waals surface area contributed by atoms with Gasteiger partial charge in [-0.3, -0.25) is 11.3 Å². The van der Waals surface area contributed by atoms with Gasteiger partial charge in [0, 0.05) is 5.02 Å². The van der Waals surface area contributed by atoms with E-state index in [1.807, 2.05) is 25.1 Å². The number of benzene rings is 2. The first kappa shape index (κ1) is 14.9. The molecule has 0 aromatic heterocycles. The monoisotopic (exact) mass is 296 g/mol. The molecule has 0 bridgehead atoms. The van der Waals surface area contributed by atoms with Crippen molar-refractivity contribution in [1.82, 2.24) is 5.43 Å². The van der Waals surface area contributed by atoms with Crippen LogP contribution < -0.4 is 11.3 Å². The zero-order valence-corrected chi connectivity index (χ0v) is 11.7. The average Bonchev–Trinajstić information content (AvgIpc) is 2.43. The van der Waals surface area contributed by atoms with Crippen LogP contribution in [0.2, 0.25) is 5.02 Å². The minimum atomic E-state index is -0.861. The van der Waals surface area contributed by atoms with Gasteiger partial charge in [0.2, 0.25) is 0 Å². The highest BCUT2D eigenvalue weighted by atomic mass is 35.5. The summed E-state index contributed by atoms with van der Waals surface area (Å²) in [6.45, 7) is 1.91. The summed E-state index contributed by atoms with van der Waals surface area (Å²) in [5, 5.41) is 0.646. The van der Waals surface area contributed by atoms with Crippen molar-refractivity contribution in [2.45, 2.75) is 19.4 Å². The van der Waals surface area contributed by atoms with Crippen LogP contribution in [0.1, 0.15) is 22.7 Å². The van der Waals surface area contributed by atoms with Gasteiger partial charge in [-0.2, -0.15) is 0 Å². The number of hydrazine groups is 1. The first-order valence-electron chi connectivity index (χ1n) is 6.17. The second-order valence-corrected chi connectivity index (χ2v) is 5.09. The molecule has 1 unspecified atom stereocenters.